The Morgan fingerprint density at radius 3 is 2.44 bits per heavy atom. The molecule has 1 saturated heterocycles. The number of morpholine rings is 1. The Morgan fingerprint density at radius 1 is 1.03 bits per heavy atom. The molecule has 180 valence electrons. The standard InChI is InChI=1S/C28H33NO5/c30-25-19-26(34-20-21-11-13-23(14-12-21)22-7-3-1-4-8-22)24(9-5-2-6-10-27(31)32)28(25)29-15-17-33-18-16-29/h1-5,7-8,11-14,24,26,28H,6,9-10,15-20H2,(H,31,32)/b5-2+/t24-,26-,28?/m0/s1. The van der Waals surface area contributed by atoms with Crippen molar-refractivity contribution in [3.8, 4) is 11.1 Å². The Kier molecular flexibility index (Phi) is 8.63. The number of ether oxygens (including phenoxy) is 2. The van der Waals surface area contributed by atoms with Crippen molar-refractivity contribution in [3.63, 3.8) is 0 Å². The summed E-state index contributed by atoms with van der Waals surface area (Å²) >= 11 is 0. The molecule has 4 rings (SSSR count). The molecule has 6 heteroatoms. The molecular formula is C28H33NO5. The van der Waals surface area contributed by atoms with Gasteiger partial charge in [-0.1, -0.05) is 66.7 Å². The van der Waals surface area contributed by atoms with Crippen molar-refractivity contribution in [1.29, 1.82) is 0 Å². The highest BCUT2D eigenvalue weighted by atomic mass is 16.5. The number of hydrogen-bond acceptors (Lipinski definition) is 5. The van der Waals surface area contributed by atoms with E-state index < -0.39 is 5.97 Å². The third-order valence-electron chi connectivity index (χ3n) is 6.68. The van der Waals surface area contributed by atoms with Gasteiger partial charge in [0.25, 0.3) is 0 Å². The lowest BCUT2D eigenvalue weighted by atomic mass is 9.95. The molecule has 0 bridgehead atoms. The van der Waals surface area contributed by atoms with Crippen LogP contribution < -0.4 is 0 Å². The fraction of sp³-hybridized carbons (Fsp3) is 0.429. The number of benzene rings is 2. The van der Waals surface area contributed by atoms with Crippen LogP contribution in [0.15, 0.2) is 66.7 Å². The van der Waals surface area contributed by atoms with Crippen LogP contribution in [0.3, 0.4) is 0 Å². The number of carboxylic acids is 1. The predicted octanol–water partition coefficient (Wildman–Crippen LogP) is 4.34. The minimum atomic E-state index is -0.800. The maximum atomic E-state index is 13.0. The van der Waals surface area contributed by atoms with Crippen LogP contribution in [0.5, 0.6) is 0 Å². The van der Waals surface area contributed by atoms with Gasteiger partial charge in [-0.2, -0.15) is 0 Å². The van der Waals surface area contributed by atoms with Crippen molar-refractivity contribution >= 4 is 11.8 Å². The summed E-state index contributed by atoms with van der Waals surface area (Å²) in [5.74, 6) is -0.517. The lowest BCUT2D eigenvalue weighted by Gasteiger charge is -2.35. The van der Waals surface area contributed by atoms with Gasteiger partial charge >= 0.3 is 5.97 Å². The van der Waals surface area contributed by atoms with Crippen molar-refractivity contribution < 1.29 is 24.2 Å². The van der Waals surface area contributed by atoms with E-state index in [1.54, 1.807) is 0 Å². The minimum Gasteiger partial charge on any atom is -0.481 e. The first-order valence-corrected chi connectivity index (χ1v) is 12.1. The summed E-state index contributed by atoms with van der Waals surface area (Å²) in [4.78, 5) is 26.0. The van der Waals surface area contributed by atoms with Crippen LogP contribution in [0.2, 0.25) is 0 Å². The largest absolute Gasteiger partial charge is 0.481 e. The average Bonchev–Trinajstić information content (AvgIpc) is 3.18. The lowest BCUT2D eigenvalue weighted by molar-refractivity contribution is -0.136. The molecule has 2 aromatic carbocycles. The summed E-state index contributed by atoms with van der Waals surface area (Å²) < 4.78 is 11.8. The highest BCUT2D eigenvalue weighted by Crippen LogP contribution is 2.34. The molecule has 1 unspecified atom stereocenters. The van der Waals surface area contributed by atoms with Gasteiger partial charge in [-0.15, -0.1) is 0 Å². The average molecular weight is 464 g/mol. The van der Waals surface area contributed by atoms with Crippen molar-refractivity contribution in [2.75, 3.05) is 26.3 Å². The molecular weight excluding hydrogens is 430 g/mol. The van der Waals surface area contributed by atoms with Gasteiger partial charge in [0.1, 0.15) is 0 Å². The molecule has 1 aliphatic carbocycles. The van der Waals surface area contributed by atoms with E-state index in [0.717, 1.165) is 24.2 Å². The number of Topliss-reactive ketones (excluding diaryl/α,β-unsaturated/α-hetero) is 1. The Balaban J connectivity index is 1.40. The van der Waals surface area contributed by atoms with E-state index in [1.807, 2.05) is 30.4 Å². The van der Waals surface area contributed by atoms with Gasteiger partial charge in [0.15, 0.2) is 5.78 Å². The van der Waals surface area contributed by atoms with Gasteiger partial charge in [-0.25, -0.2) is 0 Å². The number of rotatable bonds is 10. The molecule has 1 aliphatic heterocycles. The van der Waals surface area contributed by atoms with Crippen LogP contribution in [-0.4, -0.2) is 60.2 Å². The van der Waals surface area contributed by atoms with E-state index in [0.29, 0.717) is 39.1 Å². The van der Waals surface area contributed by atoms with Crippen molar-refractivity contribution in [2.45, 2.75) is 44.4 Å². The lowest BCUT2D eigenvalue weighted by Crippen LogP contribution is -2.49. The number of aliphatic carboxylic acids is 1. The fourth-order valence-electron chi connectivity index (χ4n) is 4.91. The second-order valence-corrected chi connectivity index (χ2v) is 8.98. The molecule has 2 aliphatic rings. The number of carboxylic acid groups (broad SMARTS) is 1. The SMILES string of the molecule is O=C(O)CC/C=C/C[C@@H]1C(N2CCOCC2)C(=O)C[C@@H]1OCc1ccc(-c2ccccc2)cc1. The Hall–Kier alpha value is -2.80. The number of allylic oxidation sites excluding steroid dienone is 2. The second-order valence-electron chi connectivity index (χ2n) is 8.98. The molecule has 1 saturated carbocycles. The quantitative estimate of drug-likeness (QED) is 0.529. The number of carbonyl (C=O) groups is 2. The molecule has 0 aromatic heterocycles. The van der Waals surface area contributed by atoms with Gasteiger partial charge < -0.3 is 14.6 Å². The first-order valence-electron chi connectivity index (χ1n) is 12.1. The molecule has 0 amide bonds. The number of carbonyl (C=O) groups excluding carboxylic acids is 1. The Morgan fingerprint density at radius 2 is 1.74 bits per heavy atom. The van der Waals surface area contributed by atoms with E-state index >= 15 is 0 Å². The predicted molar refractivity (Wildman–Crippen MR) is 130 cm³/mol. The normalized spacial score (nSPS) is 23.5. The van der Waals surface area contributed by atoms with Gasteiger partial charge in [-0.3, -0.25) is 14.5 Å². The van der Waals surface area contributed by atoms with E-state index in [-0.39, 0.29) is 30.3 Å². The first-order chi connectivity index (χ1) is 16.6. The number of hydrogen-bond donors (Lipinski definition) is 1. The topological polar surface area (TPSA) is 76.1 Å². The van der Waals surface area contributed by atoms with Crippen LogP contribution in [0, 0.1) is 5.92 Å². The molecule has 2 fully saturated rings. The van der Waals surface area contributed by atoms with Crippen molar-refractivity contribution in [1.82, 2.24) is 4.90 Å². The minimum absolute atomic E-state index is 0.0512. The zero-order valence-corrected chi connectivity index (χ0v) is 19.5. The zero-order chi connectivity index (χ0) is 23.8. The zero-order valence-electron chi connectivity index (χ0n) is 19.5. The van der Waals surface area contributed by atoms with E-state index in [1.165, 1.54) is 5.56 Å². The van der Waals surface area contributed by atoms with Crippen LogP contribution in [0.4, 0.5) is 0 Å². The van der Waals surface area contributed by atoms with Crippen LogP contribution in [-0.2, 0) is 25.7 Å². The number of nitrogens with zero attached hydrogens (tertiary/aromatic N) is 1. The third kappa shape index (κ3) is 6.41. The monoisotopic (exact) mass is 463 g/mol. The van der Waals surface area contributed by atoms with Crippen LogP contribution in [0.1, 0.15) is 31.2 Å². The van der Waals surface area contributed by atoms with E-state index in [2.05, 4.69) is 41.3 Å². The summed E-state index contributed by atoms with van der Waals surface area (Å²) in [7, 11) is 0. The smallest absolute Gasteiger partial charge is 0.303 e. The maximum Gasteiger partial charge on any atom is 0.303 e. The molecule has 6 nitrogen and oxygen atoms in total. The second kappa shape index (κ2) is 12.1. The summed E-state index contributed by atoms with van der Waals surface area (Å²) in [5, 5.41) is 8.86. The van der Waals surface area contributed by atoms with Gasteiger partial charge in [0.05, 0.1) is 32.0 Å². The maximum absolute atomic E-state index is 13.0. The highest BCUT2D eigenvalue weighted by Gasteiger charge is 2.45. The molecule has 2 aromatic rings. The van der Waals surface area contributed by atoms with Gasteiger partial charge in [-0.05, 0) is 29.5 Å². The van der Waals surface area contributed by atoms with Gasteiger partial charge in [0.2, 0.25) is 0 Å². The van der Waals surface area contributed by atoms with Crippen molar-refractivity contribution in [3.05, 3.63) is 72.3 Å². The van der Waals surface area contributed by atoms with Crippen molar-refractivity contribution in [2.24, 2.45) is 5.92 Å². The van der Waals surface area contributed by atoms with Crippen LogP contribution in [0.25, 0.3) is 11.1 Å². The summed E-state index contributed by atoms with van der Waals surface area (Å²) in [6.45, 7) is 3.25. The third-order valence-corrected chi connectivity index (χ3v) is 6.68. The first kappa shape index (κ1) is 24.3. The molecule has 0 radical (unpaired) electrons. The summed E-state index contributed by atoms with van der Waals surface area (Å²) in [6, 6.07) is 18.5. The molecule has 1 heterocycles. The highest BCUT2D eigenvalue weighted by molar-refractivity contribution is 5.87. The Bertz CT molecular complexity index is 966. The summed E-state index contributed by atoms with van der Waals surface area (Å²) in [5.41, 5.74) is 3.43. The van der Waals surface area contributed by atoms with Gasteiger partial charge in [0, 0.05) is 31.8 Å². The molecule has 0 spiro atoms. The molecule has 34 heavy (non-hydrogen) atoms. The summed E-state index contributed by atoms with van der Waals surface area (Å²) in [6.07, 6.45) is 5.50. The molecule has 3 atom stereocenters. The van der Waals surface area contributed by atoms with Crippen LogP contribution >= 0.6 is 0 Å². The Labute approximate surface area is 201 Å². The van der Waals surface area contributed by atoms with E-state index in [4.69, 9.17) is 14.6 Å². The molecule has 1 N–H and O–H groups in total. The van der Waals surface area contributed by atoms with E-state index in [9.17, 15) is 9.59 Å². The number of ketones is 1. The fourth-order valence-corrected chi connectivity index (χ4v) is 4.91.